The number of benzene rings is 2. The Kier molecular flexibility index (Phi) is 6.66. The van der Waals surface area contributed by atoms with Crippen molar-refractivity contribution in [3.05, 3.63) is 59.2 Å². The molecule has 3 rings (SSSR count). The van der Waals surface area contributed by atoms with Gasteiger partial charge in [0.1, 0.15) is 5.75 Å². The van der Waals surface area contributed by atoms with Crippen LogP contribution in [-0.2, 0) is 4.74 Å². The van der Waals surface area contributed by atoms with Crippen LogP contribution < -0.4 is 15.4 Å². The molecule has 1 amide bonds. The van der Waals surface area contributed by atoms with E-state index in [1.165, 1.54) is 5.56 Å². The topological polar surface area (TPSA) is 72.0 Å². The molecule has 0 spiro atoms. The highest BCUT2D eigenvalue weighted by molar-refractivity contribution is 6.10. The Morgan fingerprint density at radius 2 is 2.07 bits per heavy atom. The molecule has 1 heterocycles. The van der Waals surface area contributed by atoms with Gasteiger partial charge < -0.3 is 14.8 Å². The van der Waals surface area contributed by atoms with Crippen molar-refractivity contribution >= 4 is 17.6 Å². The molecule has 6 heteroatoms. The SMILES string of the molecule is COc1cccc(C(=O)NC(=NC[C@@H]2CCCO2)Nc2cccc(C)c2C)c1. The van der Waals surface area contributed by atoms with Crippen LogP contribution in [-0.4, -0.2) is 38.2 Å². The summed E-state index contributed by atoms with van der Waals surface area (Å²) < 4.78 is 10.9. The van der Waals surface area contributed by atoms with Gasteiger partial charge in [-0.15, -0.1) is 0 Å². The summed E-state index contributed by atoms with van der Waals surface area (Å²) in [6.07, 6.45) is 2.14. The molecular formula is C22H27N3O3. The predicted molar refractivity (Wildman–Crippen MR) is 111 cm³/mol. The number of nitrogens with one attached hydrogen (secondary N) is 2. The number of guanidine groups is 1. The number of hydrogen-bond donors (Lipinski definition) is 2. The maximum absolute atomic E-state index is 12.7. The van der Waals surface area contributed by atoms with Crippen LogP contribution in [0, 0.1) is 13.8 Å². The van der Waals surface area contributed by atoms with E-state index in [0.29, 0.717) is 23.8 Å². The molecule has 1 aliphatic rings. The third-order valence-electron chi connectivity index (χ3n) is 4.90. The first-order valence-corrected chi connectivity index (χ1v) is 9.51. The van der Waals surface area contributed by atoms with Gasteiger partial charge in [0.05, 0.1) is 19.8 Å². The molecule has 0 saturated carbocycles. The Balaban J connectivity index is 1.79. The molecule has 0 aliphatic carbocycles. The summed E-state index contributed by atoms with van der Waals surface area (Å²) in [5, 5.41) is 6.17. The number of aryl methyl sites for hydroxylation is 1. The molecule has 1 atom stereocenters. The first-order chi connectivity index (χ1) is 13.6. The molecule has 0 radical (unpaired) electrons. The van der Waals surface area contributed by atoms with E-state index >= 15 is 0 Å². The standard InChI is InChI=1S/C22H27N3O3/c1-15-7-4-11-20(16(15)2)24-22(23-14-19-10-6-12-28-19)25-21(26)17-8-5-9-18(13-17)27-3/h4-5,7-9,11,13,19H,6,10,12,14H2,1-3H3,(H2,23,24,25,26)/t19-/m0/s1. The molecule has 0 aromatic heterocycles. The van der Waals surface area contributed by atoms with E-state index in [2.05, 4.69) is 28.6 Å². The Hall–Kier alpha value is -2.86. The molecule has 1 saturated heterocycles. The number of hydrogen-bond acceptors (Lipinski definition) is 4. The summed E-state index contributed by atoms with van der Waals surface area (Å²) in [5.41, 5.74) is 3.70. The molecule has 28 heavy (non-hydrogen) atoms. The summed E-state index contributed by atoms with van der Waals surface area (Å²) in [7, 11) is 1.58. The minimum absolute atomic E-state index is 0.101. The van der Waals surface area contributed by atoms with Crippen molar-refractivity contribution < 1.29 is 14.3 Å². The Bertz CT molecular complexity index is 858. The average Bonchev–Trinajstić information content (AvgIpc) is 3.23. The molecule has 148 valence electrons. The Labute approximate surface area is 166 Å². The van der Waals surface area contributed by atoms with Gasteiger partial charge in [0.2, 0.25) is 5.96 Å². The fourth-order valence-corrected chi connectivity index (χ4v) is 3.05. The number of rotatable bonds is 5. The van der Waals surface area contributed by atoms with Crippen LogP contribution in [0.1, 0.15) is 34.3 Å². The fourth-order valence-electron chi connectivity index (χ4n) is 3.05. The zero-order chi connectivity index (χ0) is 19.9. The Morgan fingerprint density at radius 1 is 1.25 bits per heavy atom. The average molecular weight is 381 g/mol. The van der Waals surface area contributed by atoms with Gasteiger partial charge in [-0.3, -0.25) is 10.1 Å². The van der Waals surface area contributed by atoms with Crippen LogP contribution in [0.4, 0.5) is 5.69 Å². The van der Waals surface area contributed by atoms with Gasteiger partial charge in [0, 0.05) is 17.9 Å². The van der Waals surface area contributed by atoms with Gasteiger partial charge in [-0.25, -0.2) is 4.99 Å². The monoisotopic (exact) mass is 381 g/mol. The number of carbonyl (C=O) groups is 1. The van der Waals surface area contributed by atoms with Crippen LogP contribution >= 0.6 is 0 Å². The lowest BCUT2D eigenvalue weighted by Crippen LogP contribution is -2.37. The van der Waals surface area contributed by atoms with Crippen LogP contribution in [0.3, 0.4) is 0 Å². The van der Waals surface area contributed by atoms with Crippen LogP contribution in [0.2, 0.25) is 0 Å². The number of nitrogens with zero attached hydrogens (tertiary/aromatic N) is 1. The van der Waals surface area contributed by atoms with E-state index in [1.54, 1.807) is 31.4 Å². The molecule has 0 bridgehead atoms. The maximum Gasteiger partial charge on any atom is 0.258 e. The predicted octanol–water partition coefficient (Wildman–Crippen LogP) is 3.69. The quantitative estimate of drug-likeness (QED) is 0.612. The number of aliphatic imine (C=N–C) groups is 1. The molecule has 0 unspecified atom stereocenters. The minimum atomic E-state index is -0.247. The zero-order valence-corrected chi connectivity index (χ0v) is 16.6. The summed E-state index contributed by atoms with van der Waals surface area (Å²) in [4.78, 5) is 17.3. The highest BCUT2D eigenvalue weighted by Crippen LogP contribution is 2.18. The second kappa shape index (κ2) is 9.37. The van der Waals surface area contributed by atoms with Gasteiger partial charge in [0.15, 0.2) is 0 Å². The van der Waals surface area contributed by atoms with E-state index in [9.17, 15) is 4.79 Å². The maximum atomic E-state index is 12.7. The van der Waals surface area contributed by atoms with Crippen LogP contribution in [0.5, 0.6) is 5.75 Å². The first kappa shape index (κ1) is 19.9. The van der Waals surface area contributed by atoms with E-state index in [4.69, 9.17) is 9.47 Å². The van der Waals surface area contributed by atoms with Crippen molar-refractivity contribution in [2.75, 3.05) is 25.6 Å². The van der Waals surface area contributed by atoms with E-state index in [1.807, 2.05) is 19.1 Å². The summed E-state index contributed by atoms with van der Waals surface area (Å²) in [6, 6.07) is 13.0. The molecule has 6 nitrogen and oxygen atoms in total. The first-order valence-electron chi connectivity index (χ1n) is 9.51. The van der Waals surface area contributed by atoms with E-state index in [0.717, 1.165) is 30.7 Å². The van der Waals surface area contributed by atoms with Crippen molar-refractivity contribution in [3.8, 4) is 5.75 Å². The van der Waals surface area contributed by atoms with Crippen molar-refractivity contribution in [1.82, 2.24) is 5.32 Å². The number of carbonyl (C=O) groups excluding carboxylic acids is 1. The molecule has 2 aromatic carbocycles. The second-order valence-electron chi connectivity index (χ2n) is 6.88. The second-order valence-corrected chi connectivity index (χ2v) is 6.88. The third-order valence-corrected chi connectivity index (χ3v) is 4.90. The zero-order valence-electron chi connectivity index (χ0n) is 16.6. The van der Waals surface area contributed by atoms with Crippen LogP contribution in [0.15, 0.2) is 47.5 Å². The summed E-state index contributed by atoms with van der Waals surface area (Å²) in [6.45, 7) is 5.37. The smallest absolute Gasteiger partial charge is 0.258 e. The number of anilines is 1. The van der Waals surface area contributed by atoms with E-state index in [-0.39, 0.29) is 12.0 Å². The third kappa shape index (κ3) is 5.10. The van der Waals surface area contributed by atoms with Crippen LogP contribution in [0.25, 0.3) is 0 Å². The summed E-state index contributed by atoms with van der Waals surface area (Å²) >= 11 is 0. The molecule has 1 aliphatic heterocycles. The van der Waals surface area contributed by atoms with Crippen molar-refractivity contribution in [2.24, 2.45) is 4.99 Å². The van der Waals surface area contributed by atoms with Gasteiger partial charge >= 0.3 is 0 Å². The highest BCUT2D eigenvalue weighted by Gasteiger charge is 2.16. The van der Waals surface area contributed by atoms with Gasteiger partial charge in [-0.05, 0) is 62.1 Å². The minimum Gasteiger partial charge on any atom is -0.497 e. The fraction of sp³-hybridized carbons (Fsp3) is 0.364. The van der Waals surface area contributed by atoms with Crippen molar-refractivity contribution in [1.29, 1.82) is 0 Å². The van der Waals surface area contributed by atoms with Gasteiger partial charge in [-0.1, -0.05) is 18.2 Å². The Morgan fingerprint density at radius 3 is 2.82 bits per heavy atom. The largest absolute Gasteiger partial charge is 0.497 e. The summed E-state index contributed by atoms with van der Waals surface area (Å²) in [5.74, 6) is 0.799. The number of methoxy groups -OCH3 is 1. The molecular weight excluding hydrogens is 354 g/mol. The molecule has 2 aromatic rings. The van der Waals surface area contributed by atoms with Gasteiger partial charge in [-0.2, -0.15) is 0 Å². The molecule has 1 fully saturated rings. The molecule has 2 N–H and O–H groups in total. The number of amides is 1. The highest BCUT2D eigenvalue weighted by atomic mass is 16.5. The lowest BCUT2D eigenvalue weighted by Gasteiger charge is -2.16. The van der Waals surface area contributed by atoms with E-state index < -0.39 is 0 Å². The lowest BCUT2D eigenvalue weighted by molar-refractivity contribution is 0.0975. The normalized spacial score (nSPS) is 16.7. The van der Waals surface area contributed by atoms with Crippen molar-refractivity contribution in [3.63, 3.8) is 0 Å². The number of ether oxygens (including phenoxy) is 2. The van der Waals surface area contributed by atoms with Crippen molar-refractivity contribution in [2.45, 2.75) is 32.8 Å². The lowest BCUT2D eigenvalue weighted by atomic mass is 10.1. The van der Waals surface area contributed by atoms with Gasteiger partial charge in [0.25, 0.3) is 5.91 Å².